The van der Waals surface area contributed by atoms with Crippen LogP contribution in [0.3, 0.4) is 0 Å². The topological polar surface area (TPSA) is 34.2 Å². The fraction of sp³-hybridized carbons (Fsp3) is 0.440. The number of piperazine rings is 1. The Hall–Kier alpha value is -2.05. The summed E-state index contributed by atoms with van der Waals surface area (Å²) in [6.45, 7) is 10.3. The van der Waals surface area contributed by atoms with Crippen LogP contribution in [0.15, 0.2) is 54.6 Å². The monoisotopic (exact) mass is 446 g/mol. The molecule has 0 aliphatic carbocycles. The van der Waals surface area contributed by atoms with Crippen molar-refractivity contribution in [3.63, 3.8) is 0 Å². The summed E-state index contributed by atoms with van der Waals surface area (Å²) >= 11 is 0. The average Bonchev–Trinajstić information content (AvgIpc) is 2.79. The molecule has 2 aromatic carbocycles. The number of hydrogen-bond acceptors (Lipinski definition) is 5. The van der Waals surface area contributed by atoms with Crippen LogP contribution >= 0.6 is 12.4 Å². The largest absolute Gasteiger partial charge is 0.493 e. The number of benzene rings is 2. The van der Waals surface area contributed by atoms with E-state index in [0.29, 0.717) is 13.2 Å². The van der Waals surface area contributed by atoms with Gasteiger partial charge in [0, 0.05) is 39.3 Å². The van der Waals surface area contributed by atoms with E-state index in [1.165, 1.54) is 5.56 Å². The Morgan fingerprint density at radius 1 is 0.871 bits per heavy atom. The molecular formula is C25H35ClN2O3. The maximum absolute atomic E-state index is 5.83. The second-order valence-corrected chi connectivity index (χ2v) is 7.47. The van der Waals surface area contributed by atoms with Crippen molar-refractivity contribution in [2.45, 2.75) is 13.5 Å². The van der Waals surface area contributed by atoms with Gasteiger partial charge >= 0.3 is 0 Å². The molecule has 2 aromatic rings. The van der Waals surface area contributed by atoms with Gasteiger partial charge in [-0.25, -0.2) is 0 Å². The van der Waals surface area contributed by atoms with E-state index in [0.717, 1.165) is 62.9 Å². The van der Waals surface area contributed by atoms with Gasteiger partial charge in [-0.15, -0.1) is 12.4 Å². The van der Waals surface area contributed by atoms with Crippen LogP contribution in [0.2, 0.25) is 0 Å². The Bertz CT molecular complexity index is 778. The minimum atomic E-state index is 0. The molecule has 0 spiro atoms. The summed E-state index contributed by atoms with van der Waals surface area (Å²) in [6, 6.07) is 16.7. The van der Waals surface area contributed by atoms with Crippen molar-refractivity contribution >= 4 is 18.5 Å². The van der Waals surface area contributed by atoms with Crippen LogP contribution in [0.4, 0.5) is 0 Å². The molecule has 1 aliphatic rings. The number of halogens is 1. The molecule has 0 radical (unpaired) electrons. The molecule has 0 amide bonds. The lowest BCUT2D eigenvalue weighted by Gasteiger charge is -2.34. The lowest BCUT2D eigenvalue weighted by molar-refractivity contribution is 0.0598. The Kier molecular flexibility index (Phi) is 11.5. The van der Waals surface area contributed by atoms with Gasteiger partial charge in [0.2, 0.25) is 0 Å². The van der Waals surface area contributed by atoms with Crippen LogP contribution in [-0.4, -0.2) is 69.5 Å². The summed E-state index contributed by atoms with van der Waals surface area (Å²) in [5.41, 5.74) is 2.49. The minimum Gasteiger partial charge on any atom is -0.493 e. The minimum absolute atomic E-state index is 0. The van der Waals surface area contributed by atoms with E-state index >= 15 is 0 Å². The number of ether oxygens (including phenoxy) is 3. The molecule has 1 heterocycles. The zero-order chi connectivity index (χ0) is 21.0. The zero-order valence-electron chi connectivity index (χ0n) is 18.7. The SMILES string of the molecule is C/C=C/c1ccc(OCCOCCN2CCN(Cc3ccccc3)CC2)c(OC)c1.Cl. The lowest BCUT2D eigenvalue weighted by atomic mass is 10.2. The molecule has 1 aliphatic heterocycles. The molecule has 6 heteroatoms. The number of hydrogen-bond donors (Lipinski definition) is 0. The van der Waals surface area contributed by atoms with Crippen LogP contribution in [0.25, 0.3) is 6.08 Å². The highest BCUT2D eigenvalue weighted by Gasteiger charge is 2.16. The van der Waals surface area contributed by atoms with Crippen molar-refractivity contribution in [1.82, 2.24) is 9.80 Å². The highest BCUT2D eigenvalue weighted by atomic mass is 35.5. The van der Waals surface area contributed by atoms with Crippen molar-refractivity contribution in [3.8, 4) is 11.5 Å². The third-order valence-corrected chi connectivity index (χ3v) is 5.30. The van der Waals surface area contributed by atoms with Crippen molar-refractivity contribution in [2.75, 3.05) is 59.7 Å². The van der Waals surface area contributed by atoms with E-state index in [1.54, 1.807) is 7.11 Å². The smallest absolute Gasteiger partial charge is 0.161 e. The fourth-order valence-corrected chi connectivity index (χ4v) is 3.62. The van der Waals surface area contributed by atoms with Crippen molar-refractivity contribution in [2.24, 2.45) is 0 Å². The molecule has 1 fully saturated rings. The molecule has 5 nitrogen and oxygen atoms in total. The maximum Gasteiger partial charge on any atom is 0.161 e. The summed E-state index contributed by atoms with van der Waals surface area (Å²) in [6.07, 6.45) is 4.04. The van der Waals surface area contributed by atoms with E-state index in [2.05, 4.69) is 40.1 Å². The maximum atomic E-state index is 5.83. The van der Waals surface area contributed by atoms with Gasteiger partial charge in [-0.2, -0.15) is 0 Å². The van der Waals surface area contributed by atoms with Gasteiger partial charge in [0.05, 0.1) is 20.3 Å². The molecule has 0 saturated carbocycles. The molecule has 0 atom stereocenters. The zero-order valence-corrected chi connectivity index (χ0v) is 19.5. The lowest BCUT2D eigenvalue weighted by Crippen LogP contribution is -2.46. The third kappa shape index (κ3) is 8.54. The van der Waals surface area contributed by atoms with Crippen LogP contribution in [0, 0.1) is 0 Å². The second kappa shape index (κ2) is 14.1. The van der Waals surface area contributed by atoms with Crippen LogP contribution in [-0.2, 0) is 11.3 Å². The number of allylic oxidation sites excluding steroid dienone is 1. The van der Waals surface area contributed by atoms with Gasteiger partial charge in [-0.3, -0.25) is 9.80 Å². The first-order valence-corrected chi connectivity index (χ1v) is 10.8. The molecule has 0 unspecified atom stereocenters. The Labute approximate surface area is 193 Å². The standard InChI is InChI=1S/C25H34N2O3.ClH/c1-3-7-22-10-11-24(25(20-22)28-2)30-19-18-29-17-16-26-12-14-27(15-13-26)21-23-8-5-4-6-9-23;/h3-11,20H,12-19,21H2,1-2H3;1H/b7-3+;. The first-order valence-electron chi connectivity index (χ1n) is 10.8. The summed E-state index contributed by atoms with van der Waals surface area (Å²) in [5.74, 6) is 1.50. The number of rotatable bonds is 11. The molecular weight excluding hydrogens is 412 g/mol. The first-order chi connectivity index (χ1) is 14.8. The van der Waals surface area contributed by atoms with Crippen LogP contribution < -0.4 is 9.47 Å². The van der Waals surface area contributed by atoms with Gasteiger partial charge in [0.15, 0.2) is 11.5 Å². The van der Waals surface area contributed by atoms with E-state index < -0.39 is 0 Å². The molecule has 1 saturated heterocycles. The molecule has 31 heavy (non-hydrogen) atoms. The molecule has 0 bridgehead atoms. The van der Waals surface area contributed by atoms with Gasteiger partial charge in [-0.05, 0) is 30.2 Å². The average molecular weight is 447 g/mol. The Morgan fingerprint density at radius 3 is 2.32 bits per heavy atom. The number of nitrogens with zero attached hydrogens (tertiary/aromatic N) is 2. The van der Waals surface area contributed by atoms with Crippen LogP contribution in [0.5, 0.6) is 11.5 Å². The van der Waals surface area contributed by atoms with E-state index in [4.69, 9.17) is 14.2 Å². The van der Waals surface area contributed by atoms with Gasteiger partial charge in [0.1, 0.15) is 6.61 Å². The predicted octanol–water partition coefficient (Wildman–Crippen LogP) is 4.36. The fourth-order valence-electron chi connectivity index (χ4n) is 3.62. The third-order valence-electron chi connectivity index (χ3n) is 5.30. The van der Waals surface area contributed by atoms with E-state index in [-0.39, 0.29) is 12.4 Å². The Balaban J connectivity index is 0.00000341. The highest BCUT2D eigenvalue weighted by molar-refractivity contribution is 5.85. The first kappa shape index (κ1) is 25.2. The Morgan fingerprint density at radius 2 is 1.61 bits per heavy atom. The molecule has 3 rings (SSSR count). The van der Waals surface area contributed by atoms with E-state index in [9.17, 15) is 0 Å². The quantitative estimate of drug-likeness (QED) is 0.479. The summed E-state index contributed by atoms with van der Waals surface area (Å²) in [5, 5.41) is 0. The summed E-state index contributed by atoms with van der Waals surface area (Å²) in [7, 11) is 1.66. The summed E-state index contributed by atoms with van der Waals surface area (Å²) < 4.78 is 17.0. The predicted molar refractivity (Wildman–Crippen MR) is 129 cm³/mol. The highest BCUT2D eigenvalue weighted by Crippen LogP contribution is 2.28. The molecule has 0 aromatic heterocycles. The van der Waals surface area contributed by atoms with Crippen molar-refractivity contribution in [1.29, 1.82) is 0 Å². The van der Waals surface area contributed by atoms with Crippen LogP contribution in [0.1, 0.15) is 18.1 Å². The summed E-state index contributed by atoms with van der Waals surface area (Å²) in [4.78, 5) is 5.00. The van der Waals surface area contributed by atoms with Crippen molar-refractivity contribution in [3.05, 3.63) is 65.7 Å². The molecule has 170 valence electrons. The second-order valence-electron chi connectivity index (χ2n) is 7.47. The van der Waals surface area contributed by atoms with Gasteiger partial charge in [0.25, 0.3) is 0 Å². The number of methoxy groups -OCH3 is 1. The normalized spacial score (nSPS) is 15.0. The molecule has 0 N–H and O–H groups in total. The van der Waals surface area contributed by atoms with Gasteiger partial charge in [-0.1, -0.05) is 48.6 Å². The van der Waals surface area contributed by atoms with Gasteiger partial charge < -0.3 is 14.2 Å². The van der Waals surface area contributed by atoms with Crippen molar-refractivity contribution < 1.29 is 14.2 Å². The van der Waals surface area contributed by atoms with E-state index in [1.807, 2.05) is 37.3 Å².